The fourth-order valence-corrected chi connectivity index (χ4v) is 1.13. The maximum Gasteiger partial charge on any atom is 0.328 e. The average molecular weight is 239 g/mol. The van der Waals surface area contributed by atoms with E-state index in [4.69, 9.17) is 10.2 Å². The number of nitrogens with zero attached hydrogens (tertiary/aromatic N) is 1. The molecule has 1 heterocycles. The Morgan fingerprint density at radius 3 is 2.71 bits per heavy atom. The molecule has 7 nitrogen and oxygen atoms in total. The third kappa shape index (κ3) is 4.07. The van der Waals surface area contributed by atoms with Crippen LogP contribution >= 0.6 is 0 Å². The fourth-order valence-electron chi connectivity index (χ4n) is 1.13. The van der Waals surface area contributed by atoms with Gasteiger partial charge in [0.25, 0.3) is 0 Å². The number of aromatic nitrogens is 1. The number of carbonyl (C=O) groups excluding carboxylic acids is 1. The van der Waals surface area contributed by atoms with Crippen molar-refractivity contribution in [3.8, 4) is 0 Å². The number of aryl methyl sites for hydroxylation is 1. The Balaban J connectivity index is 2.58. The number of urea groups is 1. The number of carboxylic acids is 1. The predicted molar refractivity (Wildman–Crippen MR) is 59.6 cm³/mol. The minimum atomic E-state index is -1.33. The van der Waals surface area contributed by atoms with Crippen molar-refractivity contribution >= 4 is 17.7 Å². The Labute approximate surface area is 97.5 Å². The minimum absolute atomic E-state index is 0.449. The minimum Gasteiger partial charge on any atom is -0.480 e. The zero-order valence-electron chi connectivity index (χ0n) is 9.17. The Bertz CT molecular complexity index is 422. The first kappa shape index (κ1) is 12.9. The van der Waals surface area contributed by atoms with Crippen LogP contribution in [0.5, 0.6) is 0 Å². The number of aliphatic hydroxyl groups excluding tert-OH is 1. The molecule has 1 aromatic rings. The molecule has 0 radical (unpaired) electrons. The van der Waals surface area contributed by atoms with Gasteiger partial charge in [0.15, 0.2) is 6.04 Å². The lowest BCUT2D eigenvalue weighted by Gasteiger charge is -2.12. The molecule has 0 aliphatic heterocycles. The van der Waals surface area contributed by atoms with Gasteiger partial charge in [-0.05, 0) is 18.6 Å². The van der Waals surface area contributed by atoms with Crippen LogP contribution in [0.3, 0.4) is 0 Å². The molecule has 0 aliphatic carbocycles. The number of carboxylic acid groups (broad SMARTS) is 1. The van der Waals surface area contributed by atoms with Gasteiger partial charge >= 0.3 is 12.0 Å². The normalized spacial score (nSPS) is 11.6. The summed E-state index contributed by atoms with van der Waals surface area (Å²) in [7, 11) is 0. The van der Waals surface area contributed by atoms with Gasteiger partial charge in [-0.15, -0.1) is 0 Å². The molecule has 0 unspecified atom stereocenters. The number of hydrogen-bond donors (Lipinski definition) is 4. The molecule has 7 heteroatoms. The highest BCUT2D eigenvalue weighted by atomic mass is 16.4. The number of amides is 2. The molecule has 0 fully saturated rings. The number of nitrogens with one attached hydrogen (secondary N) is 2. The molecule has 0 aromatic carbocycles. The average Bonchev–Trinajstić information content (AvgIpc) is 2.25. The number of hydrogen-bond acceptors (Lipinski definition) is 4. The molecule has 0 saturated heterocycles. The van der Waals surface area contributed by atoms with E-state index < -0.39 is 24.6 Å². The van der Waals surface area contributed by atoms with Gasteiger partial charge in [0.2, 0.25) is 0 Å². The van der Waals surface area contributed by atoms with Crippen LogP contribution in [0.2, 0.25) is 0 Å². The van der Waals surface area contributed by atoms with Gasteiger partial charge in [-0.25, -0.2) is 9.59 Å². The molecular formula is C10H13N3O4. The van der Waals surface area contributed by atoms with E-state index in [9.17, 15) is 9.59 Å². The van der Waals surface area contributed by atoms with E-state index in [1.165, 1.54) is 6.20 Å². The number of aliphatic carboxylic acids is 1. The van der Waals surface area contributed by atoms with E-state index in [1.807, 2.05) is 6.92 Å². The van der Waals surface area contributed by atoms with E-state index in [0.717, 1.165) is 5.56 Å². The Morgan fingerprint density at radius 2 is 2.18 bits per heavy atom. The summed E-state index contributed by atoms with van der Waals surface area (Å²) in [6, 6.07) is -0.354. The van der Waals surface area contributed by atoms with Crippen LogP contribution < -0.4 is 10.6 Å². The summed E-state index contributed by atoms with van der Waals surface area (Å²) < 4.78 is 0. The van der Waals surface area contributed by atoms with Gasteiger partial charge < -0.3 is 20.8 Å². The first-order chi connectivity index (χ1) is 8.02. The van der Waals surface area contributed by atoms with Crippen molar-refractivity contribution in [1.82, 2.24) is 10.3 Å². The molecular weight excluding hydrogens is 226 g/mol. The van der Waals surface area contributed by atoms with Gasteiger partial charge in [0.1, 0.15) is 0 Å². The lowest BCUT2D eigenvalue weighted by atomic mass is 10.3. The Hall–Kier alpha value is -2.15. The number of rotatable bonds is 4. The molecule has 4 N–H and O–H groups in total. The number of carbonyl (C=O) groups is 2. The molecule has 1 aromatic heterocycles. The van der Waals surface area contributed by atoms with Crippen molar-refractivity contribution in [2.24, 2.45) is 0 Å². The van der Waals surface area contributed by atoms with Crippen LogP contribution in [0.15, 0.2) is 18.5 Å². The first-order valence-electron chi connectivity index (χ1n) is 4.85. The standard InChI is InChI=1S/C10H13N3O4/c1-6-2-7(4-11-3-6)12-10(17)13-8(5-14)9(15)16/h2-4,8,14H,5H2,1H3,(H,15,16)(H2,12,13,17)/t8-/m0/s1. The lowest BCUT2D eigenvalue weighted by molar-refractivity contribution is -0.140. The van der Waals surface area contributed by atoms with Gasteiger partial charge in [-0.3, -0.25) is 4.98 Å². The number of aliphatic hydroxyl groups is 1. The van der Waals surface area contributed by atoms with Gasteiger partial charge in [-0.2, -0.15) is 0 Å². The largest absolute Gasteiger partial charge is 0.480 e. The predicted octanol–water partition coefficient (Wildman–Crippen LogP) is -0.0430. The summed E-state index contributed by atoms with van der Waals surface area (Å²) in [4.78, 5) is 25.8. The van der Waals surface area contributed by atoms with Crippen molar-refractivity contribution in [2.45, 2.75) is 13.0 Å². The molecule has 0 spiro atoms. The summed E-state index contributed by atoms with van der Waals surface area (Å²) in [5, 5.41) is 21.9. The van der Waals surface area contributed by atoms with E-state index in [-0.39, 0.29) is 0 Å². The van der Waals surface area contributed by atoms with Gasteiger partial charge in [-0.1, -0.05) is 0 Å². The van der Waals surface area contributed by atoms with E-state index in [2.05, 4.69) is 15.6 Å². The molecule has 0 saturated carbocycles. The quantitative estimate of drug-likeness (QED) is 0.589. The molecule has 0 bridgehead atoms. The molecule has 0 aliphatic rings. The summed E-state index contributed by atoms with van der Waals surface area (Å²) in [6.07, 6.45) is 3.05. The molecule has 92 valence electrons. The van der Waals surface area contributed by atoms with E-state index in [0.29, 0.717) is 5.69 Å². The van der Waals surface area contributed by atoms with Crippen molar-refractivity contribution < 1.29 is 19.8 Å². The second-order valence-electron chi connectivity index (χ2n) is 3.42. The van der Waals surface area contributed by atoms with Crippen LogP contribution in [0.25, 0.3) is 0 Å². The smallest absolute Gasteiger partial charge is 0.328 e. The fraction of sp³-hybridized carbons (Fsp3) is 0.300. The maximum absolute atomic E-state index is 11.4. The molecule has 1 rings (SSSR count). The van der Waals surface area contributed by atoms with E-state index in [1.54, 1.807) is 12.3 Å². The third-order valence-corrected chi connectivity index (χ3v) is 1.92. The summed E-state index contributed by atoms with van der Waals surface area (Å²) in [5.41, 5.74) is 1.31. The van der Waals surface area contributed by atoms with Crippen LogP contribution in [0.4, 0.5) is 10.5 Å². The highest BCUT2D eigenvalue weighted by Crippen LogP contribution is 2.06. The number of anilines is 1. The van der Waals surface area contributed by atoms with Crippen molar-refractivity contribution in [2.75, 3.05) is 11.9 Å². The van der Waals surface area contributed by atoms with Gasteiger partial charge in [0.05, 0.1) is 18.5 Å². The Morgan fingerprint density at radius 1 is 1.47 bits per heavy atom. The second kappa shape index (κ2) is 5.80. The summed E-state index contributed by atoms with van der Waals surface area (Å²) in [6.45, 7) is 1.14. The molecule has 17 heavy (non-hydrogen) atoms. The topological polar surface area (TPSA) is 112 Å². The van der Waals surface area contributed by atoms with Crippen LogP contribution in [-0.4, -0.2) is 39.8 Å². The van der Waals surface area contributed by atoms with Crippen LogP contribution in [-0.2, 0) is 4.79 Å². The monoisotopic (exact) mass is 239 g/mol. The molecule has 1 atom stereocenters. The van der Waals surface area contributed by atoms with Crippen LogP contribution in [0, 0.1) is 6.92 Å². The summed E-state index contributed by atoms with van der Waals surface area (Å²) in [5.74, 6) is -1.30. The first-order valence-corrected chi connectivity index (χ1v) is 4.85. The Kier molecular flexibility index (Phi) is 4.41. The third-order valence-electron chi connectivity index (χ3n) is 1.92. The van der Waals surface area contributed by atoms with Crippen molar-refractivity contribution in [3.63, 3.8) is 0 Å². The maximum atomic E-state index is 11.4. The number of pyridine rings is 1. The zero-order chi connectivity index (χ0) is 12.8. The van der Waals surface area contributed by atoms with Crippen molar-refractivity contribution in [3.05, 3.63) is 24.0 Å². The molecule has 2 amide bonds. The lowest BCUT2D eigenvalue weighted by Crippen LogP contribution is -2.45. The summed E-state index contributed by atoms with van der Waals surface area (Å²) >= 11 is 0. The van der Waals surface area contributed by atoms with Crippen molar-refractivity contribution in [1.29, 1.82) is 0 Å². The van der Waals surface area contributed by atoms with Crippen LogP contribution in [0.1, 0.15) is 5.56 Å². The zero-order valence-corrected chi connectivity index (χ0v) is 9.17. The highest BCUT2D eigenvalue weighted by Gasteiger charge is 2.18. The second-order valence-corrected chi connectivity index (χ2v) is 3.42. The highest BCUT2D eigenvalue weighted by molar-refractivity contribution is 5.92. The van der Waals surface area contributed by atoms with E-state index >= 15 is 0 Å². The SMILES string of the molecule is Cc1cncc(NC(=O)N[C@@H](CO)C(=O)O)c1. The van der Waals surface area contributed by atoms with Gasteiger partial charge in [0, 0.05) is 6.20 Å².